The van der Waals surface area contributed by atoms with Crippen molar-refractivity contribution < 1.29 is 5.11 Å². The lowest BCUT2D eigenvalue weighted by Crippen LogP contribution is -2.45. The number of fused-ring (bicyclic) bond motifs is 1. The summed E-state index contributed by atoms with van der Waals surface area (Å²) in [7, 11) is 0. The molecule has 1 aliphatic carbocycles. The second kappa shape index (κ2) is 5.43. The van der Waals surface area contributed by atoms with Crippen molar-refractivity contribution in [3.05, 3.63) is 48.0 Å². The summed E-state index contributed by atoms with van der Waals surface area (Å²) in [6, 6.07) is 15.9. The van der Waals surface area contributed by atoms with E-state index in [1.807, 2.05) is 0 Å². The molecule has 2 aromatic rings. The maximum atomic E-state index is 9.99. The number of aliphatic hydroxyl groups excluding tert-OH is 1. The molecule has 21 heavy (non-hydrogen) atoms. The molecule has 0 amide bonds. The predicted molar refractivity (Wildman–Crippen MR) is 86.1 cm³/mol. The summed E-state index contributed by atoms with van der Waals surface area (Å²) < 4.78 is 0. The first-order valence-corrected chi connectivity index (χ1v) is 8.20. The average Bonchev–Trinajstić information content (AvgIpc) is 3.34. The molecule has 1 N–H and O–H groups in total. The van der Waals surface area contributed by atoms with Crippen molar-refractivity contribution >= 4 is 10.8 Å². The Bertz CT molecular complexity index is 629. The first-order valence-electron chi connectivity index (χ1n) is 8.20. The summed E-state index contributed by atoms with van der Waals surface area (Å²) in [5.74, 6) is 0.829. The van der Waals surface area contributed by atoms with Crippen LogP contribution in [0, 0.1) is 5.92 Å². The van der Waals surface area contributed by atoms with E-state index in [0.29, 0.717) is 6.04 Å². The van der Waals surface area contributed by atoms with Gasteiger partial charge in [-0.05, 0) is 47.9 Å². The van der Waals surface area contributed by atoms with Crippen molar-refractivity contribution in [1.29, 1.82) is 0 Å². The SMILES string of the molecule is O[C@@H]1CCN(Cc2cccc3ccccc23)[C@@H](C2CC2)C1. The van der Waals surface area contributed by atoms with E-state index in [0.717, 1.165) is 31.8 Å². The van der Waals surface area contributed by atoms with Gasteiger partial charge in [-0.2, -0.15) is 0 Å². The summed E-state index contributed by atoms with van der Waals surface area (Å²) in [5, 5.41) is 12.7. The van der Waals surface area contributed by atoms with Gasteiger partial charge < -0.3 is 5.11 Å². The summed E-state index contributed by atoms with van der Waals surface area (Å²) >= 11 is 0. The zero-order valence-corrected chi connectivity index (χ0v) is 12.4. The van der Waals surface area contributed by atoms with Crippen LogP contribution in [0.5, 0.6) is 0 Å². The van der Waals surface area contributed by atoms with Crippen LogP contribution in [0.1, 0.15) is 31.2 Å². The minimum Gasteiger partial charge on any atom is -0.393 e. The summed E-state index contributed by atoms with van der Waals surface area (Å²) in [6.07, 6.45) is 4.51. The summed E-state index contributed by atoms with van der Waals surface area (Å²) in [6.45, 7) is 2.06. The van der Waals surface area contributed by atoms with E-state index in [9.17, 15) is 5.11 Å². The molecule has 1 saturated carbocycles. The maximum Gasteiger partial charge on any atom is 0.0567 e. The maximum absolute atomic E-state index is 9.99. The van der Waals surface area contributed by atoms with E-state index < -0.39 is 0 Å². The van der Waals surface area contributed by atoms with E-state index in [2.05, 4.69) is 47.4 Å². The Hall–Kier alpha value is -1.38. The highest BCUT2D eigenvalue weighted by Gasteiger charge is 2.38. The van der Waals surface area contributed by atoms with Gasteiger partial charge in [-0.25, -0.2) is 0 Å². The van der Waals surface area contributed by atoms with Crippen LogP contribution in [-0.4, -0.2) is 28.7 Å². The zero-order chi connectivity index (χ0) is 14.2. The van der Waals surface area contributed by atoms with Gasteiger partial charge >= 0.3 is 0 Å². The lowest BCUT2D eigenvalue weighted by molar-refractivity contribution is 0.0285. The van der Waals surface area contributed by atoms with Crippen LogP contribution in [0.2, 0.25) is 0 Å². The van der Waals surface area contributed by atoms with Crippen molar-refractivity contribution in [2.75, 3.05) is 6.54 Å². The Morgan fingerprint density at radius 2 is 1.81 bits per heavy atom. The number of piperidine rings is 1. The quantitative estimate of drug-likeness (QED) is 0.929. The smallest absolute Gasteiger partial charge is 0.0567 e. The number of hydrogen-bond acceptors (Lipinski definition) is 2. The molecule has 2 nitrogen and oxygen atoms in total. The third-order valence-corrected chi connectivity index (χ3v) is 5.15. The molecule has 2 heteroatoms. The number of likely N-dealkylation sites (tertiary alicyclic amines) is 1. The first kappa shape index (κ1) is 13.3. The third kappa shape index (κ3) is 2.70. The van der Waals surface area contributed by atoms with Crippen molar-refractivity contribution in [1.82, 2.24) is 4.90 Å². The molecule has 0 aromatic heterocycles. The first-order chi connectivity index (χ1) is 10.3. The zero-order valence-electron chi connectivity index (χ0n) is 12.4. The van der Waals surface area contributed by atoms with E-state index in [-0.39, 0.29) is 6.10 Å². The predicted octanol–water partition coefficient (Wildman–Crippen LogP) is 3.58. The molecule has 2 aromatic carbocycles. The Labute approximate surface area is 126 Å². The number of benzene rings is 2. The van der Waals surface area contributed by atoms with Crippen LogP contribution in [0.4, 0.5) is 0 Å². The Kier molecular flexibility index (Phi) is 3.44. The van der Waals surface area contributed by atoms with Crippen molar-refractivity contribution in [2.24, 2.45) is 5.92 Å². The largest absolute Gasteiger partial charge is 0.393 e. The van der Waals surface area contributed by atoms with Gasteiger partial charge in [0.05, 0.1) is 6.10 Å². The van der Waals surface area contributed by atoms with Crippen LogP contribution >= 0.6 is 0 Å². The van der Waals surface area contributed by atoms with E-state index in [4.69, 9.17) is 0 Å². The van der Waals surface area contributed by atoms with Gasteiger partial charge in [-0.15, -0.1) is 0 Å². The monoisotopic (exact) mass is 281 g/mol. The third-order valence-electron chi connectivity index (χ3n) is 5.15. The molecule has 0 spiro atoms. The lowest BCUT2D eigenvalue weighted by atomic mass is 9.94. The van der Waals surface area contributed by atoms with Crippen molar-refractivity contribution in [3.8, 4) is 0 Å². The minimum absolute atomic E-state index is 0.0839. The molecule has 0 radical (unpaired) electrons. The number of rotatable bonds is 3. The number of nitrogens with zero attached hydrogens (tertiary/aromatic N) is 1. The fraction of sp³-hybridized carbons (Fsp3) is 0.474. The highest BCUT2D eigenvalue weighted by molar-refractivity contribution is 5.85. The molecular formula is C19H23NO. The van der Waals surface area contributed by atoms with Crippen molar-refractivity contribution in [3.63, 3.8) is 0 Å². The molecule has 2 aliphatic rings. The van der Waals surface area contributed by atoms with Crippen LogP contribution in [0.25, 0.3) is 10.8 Å². The highest BCUT2D eigenvalue weighted by Crippen LogP contribution is 2.40. The normalized spacial score (nSPS) is 27.1. The molecule has 0 bridgehead atoms. The van der Waals surface area contributed by atoms with Gasteiger partial charge in [0.15, 0.2) is 0 Å². The molecule has 110 valence electrons. The average molecular weight is 281 g/mol. The van der Waals surface area contributed by atoms with Crippen molar-refractivity contribution in [2.45, 2.75) is 44.4 Å². The Morgan fingerprint density at radius 1 is 1.00 bits per heavy atom. The van der Waals surface area contributed by atoms with Gasteiger partial charge in [0.1, 0.15) is 0 Å². The fourth-order valence-electron chi connectivity index (χ4n) is 3.84. The molecule has 1 aliphatic heterocycles. The van der Waals surface area contributed by atoms with E-state index in [1.54, 1.807) is 0 Å². The standard InChI is InChI=1S/C19H23NO/c21-17-10-11-20(19(12-17)15-8-9-15)13-16-6-3-5-14-4-1-2-7-18(14)16/h1-7,15,17,19,21H,8-13H2/t17-,19-/m1/s1. The lowest BCUT2D eigenvalue weighted by Gasteiger charge is -2.38. The minimum atomic E-state index is -0.0839. The number of aliphatic hydroxyl groups is 1. The van der Waals surface area contributed by atoms with Gasteiger partial charge in [-0.1, -0.05) is 42.5 Å². The Morgan fingerprint density at radius 3 is 2.67 bits per heavy atom. The molecule has 4 rings (SSSR count). The molecular weight excluding hydrogens is 258 g/mol. The molecule has 0 unspecified atom stereocenters. The fourth-order valence-corrected chi connectivity index (χ4v) is 3.84. The molecule has 2 fully saturated rings. The van der Waals surface area contributed by atoms with Gasteiger partial charge in [0.25, 0.3) is 0 Å². The van der Waals surface area contributed by atoms with Crippen LogP contribution in [0.15, 0.2) is 42.5 Å². The Balaban J connectivity index is 1.61. The molecule has 1 heterocycles. The van der Waals surface area contributed by atoms with Gasteiger partial charge in [0, 0.05) is 19.1 Å². The topological polar surface area (TPSA) is 23.5 Å². The van der Waals surface area contributed by atoms with Crippen LogP contribution in [-0.2, 0) is 6.54 Å². The number of hydrogen-bond donors (Lipinski definition) is 1. The second-order valence-corrected chi connectivity index (χ2v) is 6.69. The molecule has 1 saturated heterocycles. The van der Waals surface area contributed by atoms with Gasteiger partial charge in [0.2, 0.25) is 0 Å². The highest BCUT2D eigenvalue weighted by atomic mass is 16.3. The summed E-state index contributed by atoms with van der Waals surface area (Å²) in [4.78, 5) is 2.62. The van der Waals surface area contributed by atoms with Gasteiger partial charge in [-0.3, -0.25) is 4.90 Å². The van der Waals surface area contributed by atoms with E-state index >= 15 is 0 Å². The molecule has 2 atom stereocenters. The summed E-state index contributed by atoms with van der Waals surface area (Å²) in [5.41, 5.74) is 1.43. The van der Waals surface area contributed by atoms with Crippen LogP contribution in [0.3, 0.4) is 0 Å². The second-order valence-electron chi connectivity index (χ2n) is 6.69. The van der Waals surface area contributed by atoms with Crippen LogP contribution < -0.4 is 0 Å². The van der Waals surface area contributed by atoms with E-state index in [1.165, 1.54) is 29.2 Å².